The van der Waals surface area contributed by atoms with Gasteiger partial charge in [0.1, 0.15) is 0 Å². The Bertz CT molecular complexity index is 301. The highest BCUT2D eigenvalue weighted by Crippen LogP contribution is 2.15. The maximum Gasteiger partial charge on any atom is 0.0344 e. The highest BCUT2D eigenvalue weighted by molar-refractivity contribution is 5.46. The molecule has 0 spiro atoms. The second-order valence-electron chi connectivity index (χ2n) is 4.39. The van der Waals surface area contributed by atoms with Gasteiger partial charge in [0.2, 0.25) is 0 Å². The predicted octanol–water partition coefficient (Wildman–Crippen LogP) is 2.55. The van der Waals surface area contributed by atoms with Crippen LogP contribution in [0.1, 0.15) is 24.8 Å². The van der Waals surface area contributed by atoms with Crippen LogP contribution in [-0.2, 0) is 0 Å². The van der Waals surface area contributed by atoms with Gasteiger partial charge in [-0.05, 0) is 57.0 Å². The lowest BCUT2D eigenvalue weighted by Crippen LogP contribution is -2.21. The average Bonchev–Trinajstić information content (AvgIpc) is 2.46. The van der Waals surface area contributed by atoms with Crippen LogP contribution in [0.2, 0.25) is 0 Å². The Balaban J connectivity index is 1.95. The molecule has 0 amide bonds. The van der Waals surface area contributed by atoms with Crippen molar-refractivity contribution >= 4 is 5.69 Å². The average molecular weight is 204 g/mol. The Morgan fingerprint density at radius 3 is 3.07 bits per heavy atom. The summed E-state index contributed by atoms with van der Waals surface area (Å²) in [6, 6.07) is 9.28. The van der Waals surface area contributed by atoms with Crippen LogP contribution in [0.15, 0.2) is 24.3 Å². The van der Waals surface area contributed by atoms with E-state index in [4.69, 9.17) is 0 Å². The number of hydrogen-bond acceptors (Lipinski definition) is 2. The third kappa shape index (κ3) is 3.24. The van der Waals surface area contributed by atoms with E-state index in [0.717, 1.165) is 6.54 Å². The molecule has 1 aromatic carbocycles. The van der Waals surface area contributed by atoms with Gasteiger partial charge in [-0.25, -0.2) is 0 Å². The van der Waals surface area contributed by atoms with Crippen LogP contribution in [-0.4, -0.2) is 19.1 Å². The summed E-state index contributed by atoms with van der Waals surface area (Å²) in [5.74, 6) is 0. The second-order valence-corrected chi connectivity index (χ2v) is 4.39. The molecule has 1 heterocycles. The van der Waals surface area contributed by atoms with Crippen LogP contribution in [0.25, 0.3) is 0 Å². The first-order valence-corrected chi connectivity index (χ1v) is 5.88. The maximum atomic E-state index is 3.62. The van der Waals surface area contributed by atoms with Gasteiger partial charge in [0.05, 0.1) is 0 Å². The normalized spacial score (nSPS) is 22.1. The maximum absolute atomic E-state index is 3.62. The molecule has 1 atom stereocenters. The van der Waals surface area contributed by atoms with Gasteiger partial charge < -0.3 is 10.6 Å². The Kier molecular flexibility index (Phi) is 3.62. The van der Waals surface area contributed by atoms with E-state index in [2.05, 4.69) is 41.8 Å². The van der Waals surface area contributed by atoms with E-state index >= 15 is 0 Å². The third-order valence-electron chi connectivity index (χ3n) is 2.96. The van der Waals surface area contributed by atoms with Crippen molar-refractivity contribution in [3.63, 3.8) is 0 Å². The first-order chi connectivity index (χ1) is 7.34. The molecule has 0 aromatic heterocycles. The summed E-state index contributed by atoms with van der Waals surface area (Å²) < 4.78 is 0. The molecule has 2 heteroatoms. The van der Waals surface area contributed by atoms with Crippen molar-refractivity contribution in [2.45, 2.75) is 32.2 Å². The van der Waals surface area contributed by atoms with Gasteiger partial charge in [-0.3, -0.25) is 0 Å². The summed E-state index contributed by atoms with van der Waals surface area (Å²) in [5.41, 5.74) is 2.59. The number of hydrogen-bond donors (Lipinski definition) is 2. The molecular weight excluding hydrogens is 184 g/mol. The fourth-order valence-corrected chi connectivity index (χ4v) is 2.13. The summed E-state index contributed by atoms with van der Waals surface area (Å²) in [7, 11) is 0. The molecule has 1 aromatic rings. The number of benzene rings is 1. The van der Waals surface area contributed by atoms with Crippen LogP contribution in [0.5, 0.6) is 0 Å². The molecule has 0 aliphatic carbocycles. The lowest BCUT2D eigenvalue weighted by molar-refractivity contribution is 0.637. The largest absolute Gasteiger partial charge is 0.382 e. The van der Waals surface area contributed by atoms with E-state index < -0.39 is 0 Å². The standard InChI is InChI=1S/C13H20N2/c1-11-4-2-5-13(10-11)15-12-6-3-8-14-9-7-12/h2,4-5,10,12,14-15H,3,6-9H2,1H3. The first kappa shape index (κ1) is 10.5. The zero-order valence-corrected chi connectivity index (χ0v) is 9.42. The summed E-state index contributed by atoms with van der Waals surface area (Å²) in [6.45, 7) is 4.45. The minimum absolute atomic E-state index is 0.641. The molecule has 1 saturated heterocycles. The molecule has 0 bridgehead atoms. The topological polar surface area (TPSA) is 24.1 Å². The highest BCUT2D eigenvalue weighted by Gasteiger charge is 2.10. The van der Waals surface area contributed by atoms with Crippen LogP contribution in [0, 0.1) is 6.92 Å². The molecule has 1 aliphatic rings. The smallest absolute Gasteiger partial charge is 0.0344 e. The lowest BCUT2D eigenvalue weighted by Gasteiger charge is -2.17. The van der Waals surface area contributed by atoms with Crippen LogP contribution >= 0.6 is 0 Å². The van der Waals surface area contributed by atoms with Gasteiger partial charge in [0, 0.05) is 11.7 Å². The summed E-state index contributed by atoms with van der Waals surface area (Å²) in [6.07, 6.45) is 3.79. The summed E-state index contributed by atoms with van der Waals surface area (Å²) in [4.78, 5) is 0. The van der Waals surface area contributed by atoms with Gasteiger partial charge in [0.25, 0.3) is 0 Å². The number of rotatable bonds is 2. The van der Waals surface area contributed by atoms with E-state index in [1.807, 2.05) is 0 Å². The molecule has 2 N–H and O–H groups in total. The van der Waals surface area contributed by atoms with E-state index in [-0.39, 0.29) is 0 Å². The van der Waals surface area contributed by atoms with Crippen molar-refractivity contribution in [3.05, 3.63) is 29.8 Å². The van der Waals surface area contributed by atoms with E-state index in [1.54, 1.807) is 0 Å². The molecular formula is C13H20N2. The molecule has 82 valence electrons. The van der Waals surface area contributed by atoms with Gasteiger partial charge in [0.15, 0.2) is 0 Å². The van der Waals surface area contributed by atoms with Crippen molar-refractivity contribution in [2.24, 2.45) is 0 Å². The first-order valence-electron chi connectivity index (χ1n) is 5.88. The molecule has 2 nitrogen and oxygen atoms in total. The van der Waals surface area contributed by atoms with Crippen molar-refractivity contribution in [3.8, 4) is 0 Å². The Hall–Kier alpha value is -1.02. The quantitative estimate of drug-likeness (QED) is 0.773. The minimum atomic E-state index is 0.641. The third-order valence-corrected chi connectivity index (χ3v) is 2.96. The molecule has 1 unspecified atom stereocenters. The molecule has 1 fully saturated rings. The molecule has 2 rings (SSSR count). The Morgan fingerprint density at radius 2 is 2.20 bits per heavy atom. The zero-order chi connectivity index (χ0) is 10.5. The summed E-state index contributed by atoms with van der Waals surface area (Å²) in [5, 5.41) is 7.06. The van der Waals surface area contributed by atoms with Gasteiger partial charge in [-0.2, -0.15) is 0 Å². The van der Waals surface area contributed by atoms with Gasteiger partial charge in [-0.1, -0.05) is 12.1 Å². The van der Waals surface area contributed by atoms with Gasteiger partial charge in [-0.15, -0.1) is 0 Å². The number of aryl methyl sites for hydroxylation is 1. The van der Waals surface area contributed by atoms with Crippen molar-refractivity contribution in [1.29, 1.82) is 0 Å². The SMILES string of the molecule is Cc1cccc(NC2CCCNCC2)c1. The van der Waals surface area contributed by atoms with Crippen molar-refractivity contribution in [1.82, 2.24) is 5.32 Å². The van der Waals surface area contributed by atoms with Crippen LogP contribution in [0.3, 0.4) is 0 Å². The predicted molar refractivity (Wildman–Crippen MR) is 65.3 cm³/mol. The Labute approximate surface area is 92.1 Å². The van der Waals surface area contributed by atoms with Crippen molar-refractivity contribution in [2.75, 3.05) is 18.4 Å². The second kappa shape index (κ2) is 5.17. The number of anilines is 1. The zero-order valence-electron chi connectivity index (χ0n) is 9.42. The highest BCUT2D eigenvalue weighted by atomic mass is 14.9. The minimum Gasteiger partial charge on any atom is -0.382 e. The molecule has 0 radical (unpaired) electrons. The van der Waals surface area contributed by atoms with Gasteiger partial charge >= 0.3 is 0 Å². The Morgan fingerprint density at radius 1 is 1.27 bits per heavy atom. The van der Waals surface area contributed by atoms with E-state index in [0.29, 0.717) is 6.04 Å². The lowest BCUT2D eigenvalue weighted by atomic mass is 10.1. The summed E-state index contributed by atoms with van der Waals surface area (Å²) >= 11 is 0. The molecule has 1 aliphatic heterocycles. The fourth-order valence-electron chi connectivity index (χ4n) is 2.13. The molecule has 15 heavy (non-hydrogen) atoms. The van der Waals surface area contributed by atoms with E-state index in [1.165, 1.54) is 37.1 Å². The van der Waals surface area contributed by atoms with Crippen molar-refractivity contribution < 1.29 is 0 Å². The molecule has 0 saturated carbocycles. The monoisotopic (exact) mass is 204 g/mol. The number of nitrogens with one attached hydrogen (secondary N) is 2. The fraction of sp³-hybridized carbons (Fsp3) is 0.538. The van der Waals surface area contributed by atoms with E-state index in [9.17, 15) is 0 Å². The van der Waals surface area contributed by atoms with Crippen LogP contribution < -0.4 is 10.6 Å². The van der Waals surface area contributed by atoms with Crippen LogP contribution in [0.4, 0.5) is 5.69 Å².